The van der Waals surface area contributed by atoms with Crippen molar-refractivity contribution in [2.75, 3.05) is 0 Å². The Morgan fingerprint density at radius 2 is 0.867 bits per heavy atom. The molecule has 0 radical (unpaired) electrons. The number of hydrogen-bond donors (Lipinski definition) is 0. The van der Waals surface area contributed by atoms with Crippen molar-refractivity contribution in [3.8, 4) is 11.1 Å². The zero-order valence-electron chi connectivity index (χ0n) is 16.5. The van der Waals surface area contributed by atoms with Crippen LogP contribution in [0.25, 0.3) is 33.0 Å². The van der Waals surface area contributed by atoms with Gasteiger partial charge in [-0.2, -0.15) is 0 Å². The Morgan fingerprint density at radius 3 is 1.47 bits per heavy atom. The molecule has 5 aromatic carbocycles. The fourth-order valence-corrected chi connectivity index (χ4v) is 4.71. The lowest BCUT2D eigenvalue weighted by atomic mass is 9.91. The van der Waals surface area contributed by atoms with E-state index in [0.29, 0.717) is 0 Å². The quantitative estimate of drug-likeness (QED) is 0.293. The van der Waals surface area contributed by atoms with Crippen molar-refractivity contribution in [3.63, 3.8) is 0 Å². The summed E-state index contributed by atoms with van der Waals surface area (Å²) in [6.45, 7) is 0. The lowest BCUT2D eigenvalue weighted by Gasteiger charge is -2.12. The third-order valence-corrected chi connectivity index (χ3v) is 6.00. The van der Waals surface area contributed by atoms with E-state index in [4.69, 9.17) is 0 Å². The second kappa shape index (κ2) is 6.86. The zero-order chi connectivity index (χ0) is 19.9. The van der Waals surface area contributed by atoms with Crippen LogP contribution in [0, 0.1) is 0 Å². The van der Waals surface area contributed by atoms with Crippen LogP contribution in [0.3, 0.4) is 0 Å². The second-order valence-corrected chi connectivity index (χ2v) is 7.78. The molecular weight excluding hydrogens is 360 g/mol. The molecule has 0 bridgehead atoms. The van der Waals surface area contributed by atoms with Gasteiger partial charge in [-0.05, 0) is 67.4 Å². The molecule has 0 aliphatic heterocycles. The zero-order valence-corrected chi connectivity index (χ0v) is 16.5. The Hall–Kier alpha value is -3.90. The first kappa shape index (κ1) is 17.0. The maximum atomic E-state index is 2.37. The van der Waals surface area contributed by atoms with Crippen LogP contribution >= 0.6 is 0 Å². The third-order valence-electron chi connectivity index (χ3n) is 6.00. The van der Waals surface area contributed by atoms with Gasteiger partial charge >= 0.3 is 0 Å². The van der Waals surface area contributed by atoms with Gasteiger partial charge in [0.05, 0.1) is 0 Å². The van der Waals surface area contributed by atoms with Crippen molar-refractivity contribution in [1.29, 1.82) is 0 Å². The molecule has 0 spiro atoms. The molecule has 0 aromatic heterocycles. The molecule has 0 heterocycles. The minimum Gasteiger partial charge on any atom is -0.0622 e. The van der Waals surface area contributed by atoms with Crippen molar-refractivity contribution in [3.05, 3.63) is 144 Å². The van der Waals surface area contributed by atoms with E-state index in [1.54, 1.807) is 0 Å². The highest BCUT2D eigenvalue weighted by molar-refractivity contribution is 6.21. The predicted octanol–water partition coefficient (Wildman–Crippen LogP) is 7.83. The average molecular weight is 380 g/mol. The highest BCUT2D eigenvalue weighted by atomic mass is 14.3. The normalized spacial score (nSPS) is 12.5. The molecule has 0 fully saturated rings. The average Bonchev–Trinajstić information content (AvgIpc) is 3.16. The largest absolute Gasteiger partial charge is 0.0622 e. The van der Waals surface area contributed by atoms with Crippen LogP contribution in [0.2, 0.25) is 0 Å². The molecule has 0 atom stereocenters. The topological polar surface area (TPSA) is 0 Å². The fourth-order valence-electron chi connectivity index (χ4n) is 4.71. The summed E-state index contributed by atoms with van der Waals surface area (Å²) >= 11 is 0. The Balaban J connectivity index is 1.72. The van der Waals surface area contributed by atoms with E-state index in [0.717, 1.165) is 0 Å². The highest BCUT2D eigenvalue weighted by Gasteiger charge is 2.26. The Kier molecular flexibility index (Phi) is 3.89. The summed E-state index contributed by atoms with van der Waals surface area (Å²) in [5.74, 6) is 0. The van der Waals surface area contributed by atoms with Gasteiger partial charge < -0.3 is 0 Å². The molecule has 0 saturated heterocycles. The fraction of sp³-hybridized carbons (Fsp3) is 0. The summed E-state index contributed by atoms with van der Waals surface area (Å²) in [6.07, 6.45) is 0. The van der Waals surface area contributed by atoms with Crippen LogP contribution in [-0.4, -0.2) is 0 Å². The van der Waals surface area contributed by atoms with Crippen molar-refractivity contribution in [2.24, 2.45) is 0 Å². The van der Waals surface area contributed by atoms with Gasteiger partial charge in [0.15, 0.2) is 0 Å². The Labute approximate surface area is 176 Å². The minimum atomic E-state index is 1.25. The SMILES string of the molecule is c1ccc(C2=C(c3ccccc3)c3cc(-c4ccccc4)cc4cccc2c34)cc1. The summed E-state index contributed by atoms with van der Waals surface area (Å²) in [5, 5.41) is 2.65. The highest BCUT2D eigenvalue weighted by Crippen LogP contribution is 2.49. The van der Waals surface area contributed by atoms with E-state index in [9.17, 15) is 0 Å². The molecule has 30 heavy (non-hydrogen) atoms. The van der Waals surface area contributed by atoms with Gasteiger partial charge in [0.25, 0.3) is 0 Å². The van der Waals surface area contributed by atoms with E-state index < -0.39 is 0 Å². The first-order valence-electron chi connectivity index (χ1n) is 10.4. The molecule has 0 saturated carbocycles. The minimum absolute atomic E-state index is 1.25. The van der Waals surface area contributed by atoms with Crippen LogP contribution in [0.5, 0.6) is 0 Å². The van der Waals surface area contributed by atoms with E-state index in [1.807, 2.05) is 0 Å². The van der Waals surface area contributed by atoms with Crippen LogP contribution in [0.4, 0.5) is 0 Å². The number of hydrogen-bond acceptors (Lipinski definition) is 0. The first-order valence-corrected chi connectivity index (χ1v) is 10.4. The second-order valence-electron chi connectivity index (χ2n) is 7.78. The van der Waals surface area contributed by atoms with Gasteiger partial charge in [0.2, 0.25) is 0 Å². The molecule has 1 aliphatic rings. The van der Waals surface area contributed by atoms with E-state index >= 15 is 0 Å². The Morgan fingerprint density at radius 1 is 0.333 bits per heavy atom. The summed E-state index contributed by atoms with van der Waals surface area (Å²) in [6, 6.07) is 43.7. The smallest absolute Gasteiger partial charge is 0.00199 e. The molecule has 0 amide bonds. The summed E-state index contributed by atoms with van der Waals surface area (Å²) in [4.78, 5) is 0. The monoisotopic (exact) mass is 380 g/mol. The van der Waals surface area contributed by atoms with Crippen molar-refractivity contribution < 1.29 is 0 Å². The summed E-state index contributed by atoms with van der Waals surface area (Å²) in [5.41, 5.74) is 10.3. The van der Waals surface area contributed by atoms with Crippen molar-refractivity contribution >= 4 is 21.9 Å². The molecule has 0 heteroatoms. The van der Waals surface area contributed by atoms with E-state index in [1.165, 1.54) is 55.3 Å². The van der Waals surface area contributed by atoms with E-state index in [-0.39, 0.29) is 0 Å². The molecule has 6 rings (SSSR count). The summed E-state index contributed by atoms with van der Waals surface area (Å²) < 4.78 is 0. The predicted molar refractivity (Wildman–Crippen MR) is 127 cm³/mol. The van der Waals surface area contributed by atoms with Crippen LogP contribution in [0.1, 0.15) is 22.3 Å². The van der Waals surface area contributed by atoms with Gasteiger partial charge in [-0.1, -0.05) is 109 Å². The van der Waals surface area contributed by atoms with Crippen molar-refractivity contribution in [1.82, 2.24) is 0 Å². The van der Waals surface area contributed by atoms with Gasteiger partial charge in [0, 0.05) is 0 Å². The summed E-state index contributed by atoms with van der Waals surface area (Å²) in [7, 11) is 0. The van der Waals surface area contributed by atoms with Gasteiger partial charge in [-0.15, -0.1) is 0 Å². The van der Waals surface area contributed by atoms with Crippen LogP contribution in [-0.2, 0) is 0 Å². The lowest BCUT2D eigenvalue weighted by Crippen LogP contribution is -1.90. The molecule has 5 aromatic rings. The maximum absolute atomic E-state index is 2.37. The van der Waals surface area contributed by atoms with Crippen LogP contribution in [0.15, 0.2) is 121 Å². The third kappa shape index (κ3) is 2.62. The number of rotatable bonds is 3. The first-order chi connectivity index (χ1) is 14.9. The molecule has 0 unspecified atom stereocenters. The molecule has 0 nitrogen and oxygen atoms in total. The molecule has 1 aliphatic carbocycles. The van der Waals surface area contributed by atoms with Gasteiger partial charge in [-0.25, -0.2) is 0 Å². The van der Waals surface area contributed by atoms with Crippen molar-refractivity contribution in [2.45, 2.75) is 0 Å². The van der Waals surface area contributed by atoms with Crippen LogP contribution < -0.4 is 0 Å². The molecular formula is C30H20. The van der Waals surface area contributed by atoms with E-state index in [2.05, 4.69) is 121 Å². The number of benzene rings is 5. The van der Waals surface area contributed by atoms with Gasteiger partial charge in [0.1, 0.15) is 0 Å². The lowest BCUT2D eigenvalue weighted by molar-refractivity contribution is 1.57. The molecule has 0 N–H and O–H groups in total. The van der Waals surface area contributed by atoms with Gasteiger partial charge in [-0.3, -0.25) is 0 Å². The molecule has 140 valence electrons. The maximum Gasteiger partial charge on any atom is -0.00199 e. The Bertz CT molecular complexity index is 1390. The standard InChI is InChI=1S/C30H20/c1-4-11-21(12-5-1)25-19-24-17-10-18-26-28(24)27(20-25)30(23-15-8-3-9-16-23)29(26)22-13-6-2-7-14-22/h1-20H.